The zero-order valence-electron chi connectivity index (χ0n) is 10.2. The molecule has 6 heteroatoms. The van der Waals surface area contributed by atoms with Crippen LogP contribution < -0.4 is 5.56 Å². The number of hydrogen-bond donors (Lipinski definition) is 0. The first-order chi connectivity index (χ1) is 9.28. The fourth-order valence-electron chi connectivity index (χ4n) is 1.70. The fraction of sp³-hybridized carbons (Fsp3) is 0.154. The molecule has 3 aromatic rings. The number of aromatic nitrogens is 2. The van der Waals surface area contributed by atoms with Crippen LogP contribution in [0.2, 0.25) is 0 Å². The van der Waals surface area contributed by atoms with Gasteiger partial charge < -0.3 is 0 Å². The molecule has 0 aliphatic carbocycles. The van der Waals surface area contributed by atoms with Crippen LogP contribution in [0.4, 0.5) is 0 Å². The lowest BCUT2D eigenvalue weighted by molar-refractivity contribution is 0.819. The van der Waals surface area contributed by atoms with Crippen LogP contribution in [-0.4, -0.2) is 15.9 Å². The molecule has 0 unspecified atom stereocenters. The highest BCUT2D eigenvalue weighted by molar-refractivity contribution is 7.18. The van der Waals surface area contributed by atoms with Gasteiger partial charge in [0, 0.05) is 9.75 Å². The molecule has 96 valence electrons. The predicted molar refractivity (Wildman–Crippen MR) is 80.6 cm³/mol. The highest BCUT2D eigenvalue weighted by Crippen LogP contribution is 2.20. The van der Waals surface area contributed by atoms with Crippen molar-refractivity contribution in [1.29, 1.82) is 0 Å². The van der Waals surface area contributed by atoms with E-state index in [0.717, 1.165) is 16.1 Å². The molecule has 0 atom stereocenters. The first-order valence-corrected chi connectivity index (χ1v) is 7.55. The second-order valence-corrected chi connectivity index (χ2v) is 6.03. The van der Waals surface area contributed by atoms with E-state index in [4.69, 9.17) is 0 Å². The first kappa shape index (κ1) is 12.3. The Bertz CT molecular complexity index is 784. The van der Waals surface area contributed by atoms with Crippen molar-refractivity contribution < 1.29 is 0 Å². The van der Waals surface area contributed by atoms with Crippen LogP contribution in [0.1, 0.15) is 16.7 Å². The number of hydrogen-bond acceptors (Lipinski definition) is 5. The Labute approximate surface area is 117 Å². The molecule has 0 radical (unpaired) electrons. The quantitative estimate of drug-likeness (QED) is 0.696. The first-order valence-electron chi connectivity index (χ1n) is 5.86. The molecule has 3 aromatic heterocycles. The summed E-state index contributed by atoms with van der Waals surface area (Å²) in [7, 11) is 0. The third-order valence-electron chi connectivity index (χ3n) is 2.69. The van der Waals surface area contributed by atoms with E-state index in [1.165, 1.54) is 15.9 Å². The molecule has 4 nitrogen and oxygen atoms in total. The van der Waals surface area contributed by atoms with E-state index in [9.17, 15) is 4.79 Å². The molecule has 0 amide bonds. The normalized spacial score (nSPS) is 11.6. The van der Waals surface area contributed by atoms with Crippen LogP contribution in [0.5, 0.6) is 0 Å². The standard InChI is InChI=1S/C13H11N3OS2/c1-2-9-6-11-12(19-9)14-8-16(13(11)17)15-7-10-4-3-5-18-10/h3-8H,2H2,1H3/b15-7-. The maximum atomic E-state index is 12.2. The second kappa shape index (κ2) is 5.07. The Morgan fingerprint density at radius 2 is 2.42 bits per heavy atom. The lowest BCUT2D eigenvalue weighted by atomic mass is 10.3. The molecular formula is C13H11N3OS2. The van der Waals surface area contributed by atoms with Crippen molar-refractivity contribution in [3.63, 3.8) is 0 Å². The van der Waals surface area contributed by atoms with Gasteiger partial charge in [-0.25, -0.2) is 4.98 Å². The highest BCUT2D eigenvalue weighted by Gasteiger charge is 2.07. The van der Waals surface area contributed by atoms with Gasteiger partial charge in [0.1, 0.15) is 11.2 Å². The summed E-state index contributed by atoms with van der Waals surface area (Å²) in [6, 6.07) is 5.81. The highest BCUT2D eigenvalue weighted by atomic mass is 32.1. The Morgan fingerprint density at radius 3 is 3.16 bits per heavy atom. The predicted octanol–water partition coefficient (Wildman–Crippen LogP) is 2.96. The zero-order valence-corrected chi connectivity index (χ0v) is 11.9. The van der Waals surface area contributed by atoms with Gasteiger partial charge in [-0.05, 0) is 23.9 Å². The Hall–Kier alpha value is -1.79. The van der Waals surface area contributed by atoms with Crippen LogP contribution in [-0.2, 0) is 6.42 Å². The molecule has 0 aliphatic rings. The van der Waals surface area contributed by atoms with Gasteiger partial charge in [0.15, 0.2) is 0 Å². The molecule has 0 spiro atoms. The lowest BCUT2D eigenvalue weighted by Crippen LogP contribution is -2.16. The summed E-state index contributed by atoms with van der Waals surface area (Å²) in [6.45, 7) is 2.07. The summed E-state index contributed by atoms with van der Waals surface area (Å²) in [5, 5.41) is 6.78. The van der Waals surface area contributed by atoms with E-state index >= 15 is 0 Å². The number of fused-ring (bicyclic) bond motifs is 1. The minimum Gasteiger partial charge on any atom is -0.267 e. The van der Waals surface area contributed by atoms with Crippen molar-refractivity contribution in [2.75, 3.05) is 0 Å². The van der Waals surface area contributed by atoms with Gasteiger partial charge in [-0.15, -0.1) is 22.7 Å². The fourth-order valence-corrected chi connectivity index (χ4v) is 3.21. The molecule has 0 aromatic carbocycles. The van der Waals surface area contributed by atoms with E-state index in [-0.39, 0.29) is 5.56 Å². The largest absolute Gasteiger partial charge is 0.282 e. The summed E-state index contributed by atoms with van der Waals surface area (Å²) in [6.07, 6.45) is 4.07. The van der Waals surface area contributed by atoms with Gasteiger partial charge in [-0.2, -0.15) is 9.78 Å². The molecule has 3 rings (SSSR count). The van der Waals surface area contributed by atoms with Crippen molar-refractivity contribution in [1.82, 2.24) is 9.66 Å². The van der Waals surface area contributed by atoms with Crippen molar-refractivity contribution in [3.05, 3.63) is 50.0 Å². The smallest absolute Gasteiger partial charge is 0.267 e. The molecule has 0 saturated heterocycles. The van der Waals surface area contributed by atoms with E-state index < -0.39 is 0 Å². The van der Waals surface area contributed by atoms with Gasteiger partial charge in [0.2, 0.25) is 0 Å². The van der Waals surface area contributed by atoms with Gasteiger partial charge in [0.25, 0.3) is 5.56 Å². The molecule has 3 heterocycles. The molecular weight excluding hydrogens is 278 g/mol. The summed E-state index contributed by atoms with van der Waals surface area (Å²) >= 11 is 3.14. The molecule has 0 N–H and O–H groups in total. The Kier molecular flexibility index (Phi) is 3.27. The summed E-state index contributed by atoms with van der Waals surface area (Å²) in [4.78, 5) is 19.5. The monoisotopic (exact) mass is 289 g/mol. The summed E-state index contributed by atoms with van der Waals surface area (Å²) in [5.41, 5.74) is -0.117. The topological polar surface area (TPSA) is 47.2 Å². The van der Waals surface area contributed by atoms with E-state index in [0.29, 0.717) is 5.39 Å². The van der Waals surface area contributed by atoms with Crippen LogP contribution in [0.25, 0.3) is 10.2 Å². The lowest BCUT2D eigenvalue weighted by Gasteiger charge is -1.95. The van der Waals surface area contributed by atoms with Gasteiger partial charge in [0.05, 0.1) is 11.6 Å². The SMILES string of the molecule is CCc1cc2c(=O)n(/N=C\c3cccs3)cnc2s1. The molecule has 0 aliphatic heterocycles. The molecule has 0 saturated carbocycles. The average Bonchev–Trinajstić information content (AvgIpc) is 3.07. The van der Waals surface area contributed by atoms with E-state index in [2.05, 4.69) is 17.0 Å². The maximum Gasteiger partial charge on any atom is 0.282 e. The summed E-state index contributed by atoms with van der Waals surface area (Å²) < 4.78 is 1.29. The van der Waals surface area contributed by atoms with E-state index in [1.807, 2.05) is 23.6 Å². The molecule has 0 bridgehead atoms. The third kappa shape index (κ3) is 2.36. The molecule has 0 fully saturated rings. The second-order valence-electron chi connectivity index (χ2n) is 3.94. The van der Waals surface area contributed by atoms with E-state index in [1.54, 1.807) is 28.9 Å². The van der Waals surface area contributed by atoms with Gasteiger partial charge in [-0.3, -0.25) is 4.79 Å². The van der Waals surface area contributed by atoms with Crippen molar-refractivity contribution in [3.8, 4) is 0 Å². The minimum atomic E-state index is -0.117. The number of nitrogens with zero attached hydrogens (tertiary/aromatic N) is 3. The van der Waals surface area contributed by atoms with Gasteiger partial charge >= 0.3 is 0 Å². The van der Waals surface area contributed by atoms with Gasteiger partial charge in [-0.1, -0.05) is 13.0 Å². The van der Waals surface area contributed by atoms with Crippen molar-refractivity contribution in [2.45, 2.75) is 13.3 Å². The number of thiophene rings is 2. The molecule has 19 heavy (non-hydrogen) atoms. The maximum absolute atomic E-state index is 12.2. The third-order valence-corrected chi connectivity index (χ3v) is 4.68. The van der Waals surface area contributed by atoms with Crippen LogP contribution in [0, 0.1) is 0 Å². The Balaban J connectivity index is 2.05. The average molecular weight is 289 g/mol. The summed E-state index contributed by atoms with van der Waals surface area (Å²) in [5.74, 6) is 0. The van der Waals surface area contributed by atoms with Crippen LogP contribution >= 0.6 is 22.7 Å². The van der Waals surface area contributed by atoms with Crippen LogP contribution in [0.3, 0.4) is 0 Å². The van der Waals surface area contributed by atoms with Crippen molar-refractivity contribution >= 4 is 39.1 Å². The van der Waals surface area contributed by atoms with Crippen molar-refractivity contribution in [2.24, 2.45) is 5.10 Å². The minimum absolute atomic E-state index is 0.117. The number of rotatable bonds is 3. The Morgan fingerprint density at radius 1 is 1.53 bits per heavy atom. The zero-order chi connectivity index (χ0) is 13.2. The number of aryl methyl sites for hydroxylation is 1. The van der Waals surface area contributed by atoms with Crippen LogP contribution in [0.15, 0.2) is 39.8 Å².